The monoisotopic (exact) mass is 277 g/mol. The molecule has 0 radical (unpaired) electrons. The lowest BCUT2D eigenvalue weighted by Crippen LogP contribution is -2.19. The summed E-state index contributed by atoms with van der Waals surface area (Å²) >= 11 is 0. The summed E-state index contributed by atoms with van der Waals surface area (Å²) in [6, 6.07) is 3.66. The molecule has 0 atom stereocenters. The van der Waals surface area contributed by atoms with E-state index in [0.717, 1.165) is 0 Å². The van der Waals surface area contributed by atoms with Crippen LogP contribution < -0.4 is 15.8 Å². The van der Waals surface area contributed by atoms with Crippen LogP contribution in [0.5, 0.6) is 5.75 Å². The first-order valence-corrected chi connectivity index (χ1v) is 7.37. The summed E-state index contributed by atoms with van der Waals surface area (Å²) in [4.78, 5) is 15.8. The fourth-order valence-electron chi connectivity index (χ4n) is 2.49. The third kappa shape index (κ3) is 4.49. The molecule has 3 N–H and O–H groups in total. The predicted octanol–water partition coefficient (Wildman–Crippen LogP) is 2.33. The number of rotatable bonds is 6. The minimum Gasteiger partial charge on any atom is -0.489 e. The van der Waals surface area contributed by atoms with E-state index >= 15 is 0 Å². The maximum atomic E-state index is 11.6. The zero-order valence-corrected chi connectivity index (χ0v) is 11.8. The van der Waals surface area contributed by atoms with E-state index in [4.69, 9.17) is 10.5 Å². The Labute approximate surface area is 119 Å². The van der Waals surface area contributed by atoms with Crippen molar-refractivity contribution >= 4 is 11.7 Å². The Balaban J connectivity index is 1.91. The lowest BCUT2D eigenvalue weighted by Gasteiger charge is -2.22. The fourth-order valence-corrected chi connectivity index (χ4v) is 2.49. The van der Waals surface area contributed by atoms with Crippen LogP contribution in [0.1, 0.15) is 38.5 Å². The molecular formula is C15H23N3O2. The number of nitrogens with zero attached hydrogens (tertiary/aromatic N) is 1. The maximum absolute atomic E-state index is 11.6. The highest BCUT2D eigenvalue weighted by Gasteiger charge is 2.15. The molecule has 1 heterocycles. The van der Waals surface area contributed by atoms with Crippen molar-refractivity contribution in [2.45, 2.75) is 38.5 Å². The van der Waals surface area contributed by atoms with Crippen molar-refractivity contribution < 1.29 is 9.53 Å². The van der Waals surface area contributed by atoms with E-state index in [1.807, 2.05) is 12.1 Å². The molecule has 1 aromatic rings. The first kappa shape index (κ1) is 14.8. The van der Waals surface area contributed by atoms with Gasteiger partial charge in [-0.05, 0) is 30.9 Å². The van der Waals surface area contributed by atoms with Crippen LogP contribution in [-0.2, 0) is 4.79 Å². The molecule has 110 valence electrons. The van der Waals surface area contributed by atoms with Crippen LogP contribution in [0.25, 0.3) is 0 Å². The zero-order valence-electron chi connectivity index (χ0n) is 11.8. The first-order valence-electron chi connectivity index (χ1n) is 7.37. The van der Waals surface area contributed by atoms with E-state index in [0.29, 0.717) is 37.1 Å². The van der Waals surface area contributed by atoms with Crippen LogP contribution in [0.15, 0.2) is 18.3 Å². The van der Waals surface area contributed by atoms with Crippen molar-refractivity contribution in [1.29, 1.82) is 0 Å². The summed E-state index contributed by atoms with van der Waals surface area (Å²) in [6.07, 6.45) is 8.32. The second-order valence-corrected chi connectivity index (χ2v) is 5.25. The number of anilines is 1. The van der Waals surface area contributed by atoms with Crippen molar-refractivity contribution in [1.82, 2.24) is 4.98 Å². The molecule has 0 aliphatic heterocycles. The Hall–Kier alpha value is -1.62. The molecule has 0 spiro atoms. The Morgan fingerprint density at radius 3 is 2.95 bits per heavy atom. The van der Waals surface area contributed by atoms with Crippen LogP contribution in [0.4, 0.5) is 5.82 Å². The molecule has 5 nitrogen and oxygen atoms in total. The topological polar surface area (TPSA) is 77.2 Å². The highest BCUT2D eigenvalue weighted by atomic mass is 16.5. The Morgan fingerprint density at radius 1 is 1.40 bits per heavy atom. The van der Waals surface area contributed by atoms with Crippen LogP contribution in [0.2, 0.25) is 0 Å². The van der Waals surface area contributed by atoms with Gasteiger partial charge in [-0.15, -0.1) is 0 Å². The fraction of sp³-hybridized carbons (Fsp3) is 0.600. The predicted molar refractivity (Wildman–Crippen MR) is 78.6 cm³/mol. The van der Waals surface area contributed by atoms with Gasteiger partial charge in [-0.2, -0.15) is 0 Å². The van der Waals surface area contributed by atoms with Gasteiger partial charge in [0, 0.05) is 19.2 Å². The van der Waals surface area contributed by atoms with E-state index in [-0.39, 0.29) is 5.91 Å². The highest BCUT2D eigenvalue weighted by molar-refractivity contribution is 5.91. The number of hydrogen-bond donors (Lipinski definition) is 2. The van der Waals surface area contributed by atoms with Gasteiger partial charge in [-0.1, -0.05) is 19.3 Å². The van der Waals surface area contributed by atoms with E-state index in [2.05, 4.69) is 10.3 Å². The summed E-state index contributed by atoms with van der Waals surface area (Å²) in [5.41, 5.74) is 5.36. The molecule has 2 rings (SSSR count). The van der Waals surface area contributed by atoms with Crippen molar-refractivity contribution in [3.8, 4) is 5.75 Å². The molecule has 0 aromatic carbocycles. The van der Waals surface area contributed by atoms with Crippen molar-refractivity contribution in [3.05, 3.63) is 18.3 Å². The molecule has 1 amide bonds. The Kier molecular flexibility index (Phi) is 5.80. The van der Waals surface area contributed by atoms with E-state index in [1.54, 1.807) is 6.20 Å². The quantitative estimate of drug-likeness (QED) is 0.836. The highest BCUT2D eigenvalue weighted by Crippen LogP contribution is 2.26. The SMILES string of the molecule is NCCC(=O)Nc1ncccc1OCC1CCCCC1. The molecule has 20 heavy (non-hydrogen) atoms. The van der Waals surface area contributed by atoms with Crippen molar-refractivity contribution in [3.63, 3.8) is 0 Å². The summed E-state index contributed by atoms with van der Waals surface area (Å²) in [7, 11) is 0. The number of carbonyl (C=O) groups excluding carboxylic acids is 1. The number of hydrogen-bond acceptors (Lipinski definition) is 4. The van der Waals surface area contributed by atoms with E-state index in [1.165, 1.54) is 32.1 Å². The maximum Gasteiger partial charge on any atom is 0.226 e. The minimum atomic E-state index is -0.131. The normalized spacial score (nSPS) is 15.8. The van der Waals surface area contributed by atoms with Gasteiger partial charge in [0.2, 0.25) is 5.91 Å². The Morgan fingerprint density at radius 2 is 2.20 bits per heavy atom. The van der Waals surface area contributed by atoms with Gasteiger partial charge in [0.25, 0.3) is 0 Å². The largest absolute Gasteiger partial charge is 0.489 e. The summed E-state index contributed by atoms with van der Waals surface area (Å²) < 4.78 is 5.85. The second-order valence-electron chi connectivity index (χ2n) is 5.25. The number of carbonyl (C=O) groups is 1. The van der Waals surface area contributed by atoms with Crippen LogP contribution in [0, 0.1) is 5.92 Å². The van der Waals surface area contributed by atoms with E-state index in [9.17, 15) is 4.79 Å². The average Bonchev–Trinajstić information content (AvgIpc) is 2.48. The van der Waals surface area contributed by atoms with Gasteiger partial charge in [0.05, 0.1) is 6.61 Å². The van der Waals surface area contributed by atoms with Crippen molar-refractivity contribution in [2.24, 2.45) is 11.7 Å². The number of amides is 1. The van der Waals surface area contributed by atoms with Gasteiger partial charge in [0.15, 0.2) is 11.6 Å². The average molecular weight is 277 g/mol. The summed E-state index contributed by atoms with van der Waals surface area (Å²) in [5, 5.41) is 2.74. The molecule has 1 aliphatic carbocycles. The number of nitrogens with two attached hydrogens (primary N) is 1. The Bertz CT molecular complexity index is 431. The third-order valence-electron chi connectivity index (χ3n) is 3.60. The molecule has 1 aromatic heterocycles. The molecule has 1 saturated carbocycles. The zero-order chi connectivity index (χ0) is 14.2. The number of pyridine rings is 1. The minimum absolute atomic E-state index is 0.131. The van der Waals surface area contributed by atoms with Crippen LogP contribution >= 0.6 is 0 Å². The molecule has 5 heteroatoms. The van der Waals surface area contributed by atoms with Gasteiger partial charge >= 0.3 is 0 Å². The number of aromatic nitrogens is 1. The number of nitrogens with one attached hydrogen (secondary N) is 1. The van der Waals surface area contributed by atoms with Crippen molar-refractivity contribution in [2.75, 3.05) is 18.5 Å². The molecule has 0 unspecified atom stereocenters. The first-order chi connectivity index (χ1) is 9.79. The van der Waals surface area contributed by atoms with Crippen LogP contribution in [-0.4, -0.2) is 24.0 Å². The molecule has 0 bridgehead atoms. The lowest BCUT2D eigenvalue weighted by atomic mass is 9.90. The lowest BCUT2D eigenvalue weighted by molar-refractivity contribution is -0.116. The third-order valence-corrected chi connectivity index (χ3v) is 3.60. The molecule has 1 aliphatic rings. The number of ether oxygens (including phenoxy) is 1. The van der Waals surface area contributed by atoms with Crippen LogP contribution in [0.3, 0.4) is 0 Å². The molecular weight excluding hydrogens is 254 g/mol. The van der Waals surface area contributed by atoms with E-state index < -0.39 is 0 Å². The van der Waals surface area contributed by atoms with Gasteiger partial charge in [0.1, 0.15) is 0 Å². The van der Waals surface area contributed by atoms with Gasteiger partial charge in [-0.25, -0.2) is 4.98 Å². The summed E-state index contributed by atoms with van der Waals surface area (Å²) in [6.45, 7) is 1.03. The summed E-state index contributed by atoms with van der Waals surface area (Å²) in [5.74, 6) is 1.62. The van der Waals surface area contributed by atoms with Gasteiger partial charge in [-0.3, -0.25) is 4.79 Å². The standard InChI is InChI=1S/C15H23N3O2/c16-9-8-14(19)18-15-13(7-4-10-17-15)20-11-12-5-2-1-3-6-12/h4,7,10,12H,1-3,5-6,8-9,11,16H2,(H,17,18,19). The molecule has 0 saturated heterocycles. The second kappa shape index (κ2) is 7.85. The smallest absolute Gasteiger partial charge is 0.226 e. The van der Waals surface area contributed by atoms with Gasteiger partial charge < -0.3 is 15.8 Å². The molecule has 1 fully saturated rings.